The highest BCUT2D eigenvalue weighted by atomic mass is 35.5. The van der Waals surface area contributed by atoms with E-state index in [-0.39, 0.29) is 10.9 Å². The number of piperidine rings is 1. The molecule has 2 aromatic rings. The quantitative estimate of drug-likeness (QED) is 0.677. The predicted octanol–water partition coefficient (Wildman–Crippen LogP) is 3.95. The Morgan fingerprint density at radius 2 is 2.07 bits per heavy atom. The number of rotatable bonds is 7. The smallest absolute Gasteiger partial charge is 0.224 e. The Labute approximate surface area is 177 Å². The van der Waals surface area contributed by atoms with Gasteiger partial charge >= 0.3 is 0 Å². The topological polar surface area (TPSA) is 87.2 Å². The Bertz CT molecular complexity index is 952. The minimum atomic E-state index is -3.45. The Kier molecular flexibility index (Phi) is 6.97. The third kappa shape index (κ3) is 5.18. The first-order chi connectivity index (χ1) is 13.8. The normalized spacial score (nSPS) is 18.0. The van der Waals surface area contributed by atoms with Crippen LogP contribution in [0.5, 0.6) is 0 Å². The molecule has 1 aliphatic rings. The number of hydrogen-bond acceptors (Lipinski definition) is 7. The molecule has 1 aromatic carbocycles. The summed E-state index contributed by atoms with van der Waals surface area (Å²) in [6.07, 6.45) is 3.71. The first kappa shape index (κ1) is 21.8. The predicted molar refractivity (Wildman–Crippen MR) is 118 cm³/mol. The second-order valence-electron chi connectivity index (χ2n) is 7.48. The Hall–Kier alpha value is -1.90. The first-order valence-corrected chi connectivity index (χ1v) is 11.8. The zero-order valence-electron chi connectivity index (χ0n) is 17.0. The minimum absolute atomic E-state index is 0.227. The fourth-order valence-corrected chi connectivity index (χ4v) is 4.71. The number of nitrogens with zero attached hydrogens (tertiary/aromatic N) is 3. The number of sulfone groups is 1. The second kappa shape index (κ2) is 9.28. The number of nitrogens with one attached hydrogen (secondary N) is 2. The summed E-state index contributed by atoms with van der Waals surface area (Å²) in [4.78, 5) is 11.4. The van der Waals surface area contributed by atoms with Crippen molar-refractivity contribution in [1.29, 1.82) is 0 Å². The molecule has 0 amide bonds. The molecule has 1 atom stereocenters. The summed E-state index contributed by atoms with van der Waals surface area (Å²) in [7, 11) is -3.45. The van der Waals surface area contributed by atoms with Crippen LogP contribution in [0.3, 0.4) is 0 Å². The molecule has 29 heavy (non-hydrogen) atoms. The molecule has 158 valence electrons. The number of hydrogen-bond donors (Lipinski definition) is 2. The third-order valence-electron chi connectivity index (χ3n) is 5.10. The van der Waals surface area contributed by atoms with Gasteiger partial charge in [0.25, 0.3) is 0 Å². The van der Waals surface area contributed by atoms with Crippen LogP contribution < -0.4 is 10.6 Å². The highest BCUT2D eigenvalue weighted by Gasteiger charge is 2.23. The van der Waals surface area contributed by atoms with E-state index in [1.165, 1.54) is 6.20 Å². The van der Waals surface area contributed by atoms with Crippen LogP contribution >= 0.6 is 11.6 Å². The first-order valence-electron chi connectivity index (χ1n) is 9.92. The van der Waals surface area contributed by atoms with Crippen molar-refractivity contribution < 1.29 is 8.42 Å². The van der Waals surface area contributed by atoms with Crippen LogP contribution in [0.4, 0.5) is 17.5 Å². The molecule has 0 bridgehead atoms. The van der Waals surface area contributed by atoms with Crippen LogP contribution in [0.1, 0.15) is 33.6 Å². The average Bonchev–Trinajstić information content (AvgIpc) is 2.71. The molecule has 0 radical (unpaired) electrons. The van der Waals surface area contributed by atoms with Gasteiger partial charge in [-0.2, -0.15) is 4.98 Å². The van der Waals surface area contributed by atoms with Crippen LogP contribution in [0, 0.1) is 0 Å². The molecular formula is C20H28ClN5O2S. The van der Waals surface area contributed by atoms with Gasteiger partial charge in [-0.3, -0.25) is 0 Å². The van der Waals surface area contributed by atoms with E-state index in [4.69, 9.17) is 11.6 Å². The molecular weight excluding hydrogens is 410 g/mol. The maximum absolute atomic E-state index is 12.7. The van der Waals surface area contributed by atoms with Gasteiger partial charge in [-0.05, 0) is 51.9 Å². The number of para-hydroxylation sites is 1. The summed E-state index contributed by atoms with van der Waals surface area (Å²) in [6, 6.07) is 7.05. The minimum Gasteiger partial charge on any atom is -0.350 e. The van der Waals surface area contributed by atoms with Gasteiger partial charge in [0, 0.05) is 12.6 Å². The van der Waals surface area contributed by atoms with E-state index in [2.05, 4.69) is 32.4 Å². The van der Waals surface area contributed by atoms with E-state index in [1.54, 1.807) is 38.1 Å². The average molecular weight is 438 g/mol. The van der Waals surface area contributed by atoms with E-state index in [0.717, 1.165) is 32.5 Å². The molecule has 1 aromatic heterocycles. The fourth-order valence-electron chi connectivity index (χ4n) is 3.37. The van der Waals surface area contributed by atoms with Crippen molar-refractivity contribution in [3.8, 4) is 0 Å². The van der Waals surface area contributed by atoms with Gasteiger partial charge in [0.05, 0.1) is 22.0 Å². The molecule has 0 unspecified atom stereocenters. The van der Waals surface area contributed by atoms with Crippen molar-refractivity contribution in [3.05, 3.63) is 35.5 Å². The number of halogens is 1. The van der Waals surface area contributed by atoms with E-state index in [1.807, 2.05) is 0 Å². The van der Waals surface area contributed by atoms with E-state index in [0.29, 0.717) is 22.5 Å². The highest BCUT2D eigenvalue weighted by Crippen LogP contribution is 2.30. The third-order valence-corrected chi connectivity index (χ3v) is 7.58. The SMILES string of the molecule is CCN1CCC[C@@H](Nc2ncc(Cl)c(Nc3ccccc3S(=O)(=O)C(C)C)n2)C1. The maximum Gasteiger partial charge on any atom is 0.224 e. The number of likely N-dealkylation sites (N-methyl/N-ethyl adjacent to an activating group) is 1. The Morgan fingerprint density at radius 1 is 1.31 bits per heavy atom. The summed E-state index contributed by atoms with van der Waals surface area (Å²) in [6.45, 7) is 8.56. The molecule has 0 aliphatic carbocycles. The lowest BCUT2D eigenvalue weighted by molar-refractivity contribution is 0.226. The largest absolute Gasteiger partial charge is 0.350 e. The van der Waals surface area contributed by atoms with E-state index >= 15 is 0 Å². The van der Waals surface area contributed by atoms with Crippen molar-refractivity contribution in [2.24, 2.45) is 0 Å². The van der Waals surface area contributed by atoms with Crippen LogP contribution in [0.2, 0.25) is 5.02 Å². The van der Waals surface area contributed by atoms with Gasteiger partial charge in [-0.25, -0.2) is 13.4 Å². The van der Waals surface area contributed by atoms with Crippen molar-refractivity contribution in [2.75, 3.05) is 30.3 Å². The fraction of sp³-hybridized carbons (Fsp3) is 0.500. The number of anilines is 3. The summed E-state index contributed by atoms with van der Waals surface area (Å²) < 4.78 is 25.4. The lowest BCUT2D eigenvalue weighted by atomic mass is 10.1. The zero-order valence-corrected chi connectivity index (χ0v) is 18.6. The van der Waals surface area contributed by atoms with Crippen molar-refractivity contribution in [1.82, 2.24) is 14.9 Å². The van der Waals surface area contributed by atoms with Gasteiger partial charge < -0.3 is 15.5 Å². The molecule has 1 saturated heterocycles. The summed E-state index contributed by atoms with van der Waals surface area (Å²) >= 11 is 6.29. The van der Waals surface area contributed by atoms with Crippen molar-refractivity contribution in [2.45, 2.75) is 49.8 Å². The molecule has 1 aliphatic heterocycles. The van der Waals surface area contributed by atoms with Gasteiger partial charge in [-0.15, -0.1) is 0 Å². The molecule has 7 nitrogen and oxygen atoms in total. The molecule has 9 heteroatoms. The van der Waals surface area contributed by atoms with Crippen molar-refractivity contribution >= 4 is 38.9 Å². The summed E-state index contributed by atoms with van der Waals surface area (Å²) in [5.74, 6) is 0.850. The summed E-state index contributed by atoms with van der Waals surface area (Å²) in [5, 5.41) is 6.26. The standard InChI is InChI=1S/C20H28ClN5O2S/c1-4-26-11-7-8-15(13-26)23-20-22-12-16(21)19(25-20)24-17-9-5-6-10-18(17)29(27,28)14(2)3/h5-6,9-10,12,14-15H,4,7-8,11,13H2,1-3H3,(H2,22,23,24,25)/t15-/m1/s1. The van der Waals surface area contributed by atoms with E-state index < -0.39 is 15.1 Å². The zero-order chi connectivity index (χ0) is 21.0. The monoisotopic (exact) mass is 437 g/mol. The highest BCUT2D eigenvalue weighted by molar-refractivity contribution is 7.92. The lowest BCUT2D eigenvalue weighted by Crippen LogP contribution is -2.42. The maximum atomic E-state index is 12.7. The molecule has 2 N–H and O–H groups in total. The van der Waals surface area contributed by atoms with Crippen LogP contribution in [-0.2, 0) is 9.84 Å². The van der Waals surface area contributed by atoms with Gasteiger partial charge in [0.1, 0.15) is 5.02 Å². The number of aromatic nitrogens is 2. The van der Waals surface area contributed by atoms with Crippen LogP contribution in [0.15, 0.2) is 35.4 Å². The van der Waals surface area contributed by atoms with Crippen molar-refractivity contribution in [3.63, 3.8) is 0 Å². The molecule has 0 spiro atoms. The molecule has 1 fully saturated rings. The molecule has 2 heterocycles. The van der Waals surface area contributed by atoms with Crippen LogP contribution in [0.25, 0.3) is 0 Å². The lowest BCUT2D eigenvalue weighted by Gasteiger charge is -2.32. The van der Waals surface area contributed by atoms with Gasteiger partial charge in [0.15, 0.2) is 15.7 Å². The van der Waals surface area contributed by atoms with Gasteiger partial charge in [0.2, 0.25) is 5.95 Å². The number of benzene rings is 1. The van der Waals surface area contributed by atoms with Gasteiger partial charge in [-0.1, -0.05) is 30.7 Å². The Morgan fingerprint density at radius 3 is 2.79 bits per heavy atom. The Balaban J connectivity index is 1.83. The number of likely N-dealkylation sites (tertiary alicyclic amines) is 1. The van der Waals surface area contributed by atoms with Crippen LogP contribution in [-0.4, -0.2) is 54.2 Å². The second-order valence-corrected chi connectivity index (χ2v) is 10.4. The molecule has 3 rings (SSSR count). The molecule has 0 saturated carbocycles. The summed E-state index contributed by atoms with van der Waals surface area (Å²) in [5.41, 5.74) is 0.447. The van der Waals surface area contributed by atoms with E-state index in [9.17, 15) is 8.42 Å².